The van der Waals surface area contributed by atoms with Crippen molar-refractivity contribution in [1.29, 1.82) is 0 Å². The zero-order valence-corrected chi connectivity index (χ0v) is 11.0. The zero-order chi connectivity index (χ0) is 11.1. The summed E-state index contributed by atoms with van der Waals surface area (Å²) in [5, 5.41) is 0. The molecule has 1 aliphatic carbocycles. The Kier molecular flexibility index (Phi) is 6.31. The van der Waals surface area contributed by atoms with Gasteiger partial charge < -0.3 is 4.90 Å². The van der Waals surface area contributed by atoms with Crippen LogP contribution in [-0.4, -0.2) is 25.0 Å². The summed E-state index contributed by atoms with van der Waals surface area (Å²) in [7, 11) is 2.26. The first-order valence-corrected chi connectivity index (χ1v) is 6.91. The molecule has 0 bridgehead atoms. The van der Waals surface area contributed by atoms with Gasteiger partial charge in [0.1, 0.15) is 0 Å². The molecule has 1 saturated carbocycles. The molecule has 0 aromatic heterocycles. The van der Waals surface area contributed by atoms with E-state index in [1.807, 2.05) is 0 Å². The summed E-state index contributed by atoms with van der Waals surface area (Å²) in [5.74, 6) is 2.06. The molecule has 0 spiro atoms. The summed E-state index contributed by atoms with van der Waals surface area (Å²) >= 11 is 0. The van der Waals surface area contributed by atoms with Gasteiger partial charge in [0, 0.05) is 0 Å². The second kappa shape index (κ2) is 7.27. The Morgan fingerprint density at radius 1 is 1.07 bits per heavy atom. The van der Waals surface area contributed by atoms with Crippen LogP contribution in [0.1, 0.15) is 58.8 Å². The topological polar surface area (TPSA) is 3.24 Å². The molecule has 0 radical (unpaired) electrons. The molecule has 15 heavy (non-hydrogen) atoms. The first kappa shape index (κ1) is 13.0. The lowest BCUT2D eigenvalue weighted by Gasteiger charge is -2.26. The molecular formula is C14H29N. The van der Waals surface area contributed by atoms with E-state index in [1.54, 1.807) is 0 Å². The van der Waals surface area contributed by atoms with Crippen molar-refractivity contribution in [2.75, 3.05) is 20.1 Å². The van der Waals surface area contributed by atoms with Crippen LogP contribution in [0.5, 0.6) is 0 Å². The van der Waals surface area contributed by atoms with Crippen LogP contribution in [0.3, 0.4) is 0 Å². The second-order valence-electron chi connectivity index (χ2n) is 5.57. The molecule has 1 aliphatic rings. The molecule has 0 aliphatic heterocycles. The highest BCUT2D eigenvalue weighted by molar-refractivity contribution is 4.70. The number of nitrogens with zero attached hydrogens (tertiary/aromatic N) is 1. The Hall–Kier alpha value is -0.0400. The van der Waals surface area contributed by atoms with Gasteiger partial charge in [-0.05, 0) is 51.2 Å². The van der Waals surface area contributed by atoms with Crippen molar-refractivity contribution < 1.29 is 0 Å². The van der Waals surface area contributed by atoms with Gasteiger partial charge in [-0.15, -0.1) is 0 Å². The summed E-state index contributed by atoms with van der Waals surface area (Å²) in [4.78, 5) is 2.48. The van der Waals surface area contributed by atoms with Gasteiger partial charge in [-0.25, -0.2) is 0 Å². The van der Waals surface area contributed by atoms with E-state index in [0.717, 1.165) is 11.8 Å². The Labute approximate surface area is 96.2 Å². The van der Waals surface area contributed by atoms with Gasteiger partial charge in [0.25, 0.3) is 0 Å². The van der Waals surface area contributed by atoms with E-state index >= 15 is 0 Å². The molecule has 0 heterocycles. The molecule has 90 valence electrons. The molecule has 0 unspecified atom stereocenters. The summed E-state index contributed by atoms with van der Waals surface area (Å²) in [6.07, 6.45) is 10.1. The Balaban J connectivity index is 2.00. The van der Waals surface area contributed by atoms with Crippen LogP contribution in [0.25, 0.3) is 0 Å². The minimum atomic E-state index is 1.00. The predicted molar refractivity (Wildman–Crippen MR) is 68.1 cm³/mol. The highest BCUT2D eigenvalue weighted by atomic mass is 15.1. The van der Waals surface area contributed by atoms with Crippen molar-refractivity contribution in [2.45, 2.75) is 58.8 Å². The van der Waals surface area contributed by atoms with E-state index in [-0.39, 0.29) is 0 Å². The highest BCUT2D eigenvalue weighted by Crippen LogP contribution is 2.30. The van der Waals surface area contributed by atoms with E-state index in [2.05, 4.69) is 25.8 Å². The fraction of sp³-hybridized carbons (Fsp3) is 1.00. The van der Waals surface area contributed by atoms with Crippen molar-refractivity contribution >= 4 is 0 Å². The maximum absolute atomic E-state index is 2.48. The van der Waals surface area contributed by atoms with Crippen LogP contribution in [0.2, 0.25) is 0 Å². The summed E-state index contributed by atoms with van der Waals surface area (Å²) in [6, 6.07) is 0. The Bertz CT molecular complexity index is 147. The minimum absolute atomic E-state index is 1.00. The molecule has 0 aromatic rings. The fourth-order valence-corrected chi connectivity index (χ4v) is 2.76. The predicted octanol–water partition coefficient (Wildman–Crippen LogP) is 3.93. The average Bonchev–Trinajstić information content (AvgIpc) is 2.21. The van der Waals surface area contributed by atoms with Crippen molar-refractivity contribution in [3.05, 3.63) is 0 Å². The lowest BCUT2D eigenvalue weighted by molar-refractivity contribution is 0.254. The highest BCUT2D eigenvalue weighted by Gasteiger charge is 2.17. The van der Waals surface area contributed by atoms with E-state index in [9.17, 15) is 0 Å². The van der Waals surface area contributed by atoms with E-state index < -0.39 is 0 Å². The van der Waals surface area contributed by atoms with E-state index in [4.69, 9.17) is 0 Å². The van der Waals surface area contributed by atoms with Crippen LogP contribution in [0.15, 0.2) is 0 Å². The lowest BCUT2D eigenvalue weighted by atomic mass is 9.81. The summed E-state index contributed by atoms with van der Waals surface area (Å²) in [5.41, 5.74) is 0. The van der Waals surface area contributed by atoms with Crippen LogP contribution in [0, 0.1) is 11.8 Å². The third kappa shape index (κ3) is 5.55. The molecule has 0 amide bonds. The quantitative estimate of drug-likeness (QED) is 0.643. The van der Waals surface area contributed by atoms with Crippen molar-refractivity contribution in [3.8, 4) is 0 Å². The maximum atomic E-state index is 2.48. The molecule has 1 rings (SSSR count). The van der Waals surface area contributed by atoms with Crippen LogP contribution in [0.4, 0.5) is 0 Å². The number of rotatable bonds is 6. The van der Waals surface area contributed by atoms with Crippen molar-refractivity contribution in [3.63, 3.8) is 0 Å². The number of hydrogen-bond donors (Lipinski definition) is 0. The molecule has 0 N–H and O–H groups in total. The van der Waals surface area contributed by atoms with Gasteiger partial charge in [0.05, 0.1) is 0 Å². The Morgan fingerprint density at radius 3 is 2.33 bits per heavy atom. The van der Waals surface area contributed by atoms with Gasteiger partial charge >= 0.3 is 0 Å². The van der Waals surface area contributed by atoms with Crippen LogP contribution in [-0.2, 0) is 0 Å². The molecule has 1 fully saturated rings. The molecule has 0 saturated heterocycles. The molecule has 1 nitrogen and oxygen atoms in total. The number of hydrogen-bond acceptors (Lipinski definition) is 1. The van der Waals surface area contributed by atoms with E-state index in [0.29, 0.717) is 0 Å². The van der Waals surface area contributed by atoms with Gasteiger partial charge in [0.15, 0.2) is 0 Å². The van der Waals surface area contributed by atoms with Gasteiger partial charge in [0.2, 0.25) is 0 Å². The summed E-state index contributed by atoms with van der Waals surface area (Å²) < 4.78 is 0. The first-order chi connectivity index (χ1) is 7.22. The van der Waals surface area contributed by atoms with E-state index in [1.165, 1.54) is 58.0 Å². The van der Waals surface area contributed by atoms with Crippen LogP contribution >= 0.6 is 0 Å². The normalized spacial score (nSPS) is 27.2. The smallest absolute Gasteiger partial charge is 0.00217 e. The third-order valence-corrected chi connectivity index (χ3v) is 3.89. The molecular weight excluding hydrogens is 182 g/mol. The molecule has 0 atom stereocenters. The SMILES string of the molecule is CCCN(C)CCCC1CCC(C)CC1. The lowest BCUT2D eigenvalue weighted by Crippen LogP contribution is -2.21. The largest absolute Gasteiger partial charge is 0.306 e. The average molecular weight is 211 g/mol. The maximum Gasteiger partial charge on any atom is -0.00217 e. The first-order valence-electron chi connectivity index (χ1n) is 6.91. The van der Waals surface area contributed by atoms with Gasteiger partial charge in [-0.1, -0.05) is 39.5 Å². The monoisotopic (exact) mass is 211 g/mol. The minimum Gasteiger partial charge on any atom is -0.306 e. The van der Waals surface area contributed by atoms with Crippen LogP contribution < -0.4 is 0 Å². The molecule has 1 heteroatoms. The van der Waals surface area contributed by atoms with Crippen molar-refractivity contribution in [2.24, 2.45) is 11.8 Å². The Morgan fingerprint density at radius 2 is 1.73 bits per heavy atom. The fourth-order valence-electron chi connectivity index (χ4n) is 2.76. The third-order valence-electron chi connectivity index (χ3n) is 3.89. The molecule has 0 aromatic carbocycles. The second-order valence-corrected chi connectivity index (χ2v) is 5.57. The summed E-state index contributed by atoms with van der Waals surface area (Å²) in [6.45, 7) is 7.24. The zero-order valence-electron chi connectivity index (χ0n) is 11.0. The standard InChI is InChI=1S/C14H29N/c1-4-11-15(3)12-5-6-14-9-7-13(2)8-10-14/h13-14H,4-12H2,1-3H3. The van der Waals surface area contributed by atoms with Gasteiger partial charge in [-0.3, -0.25) is 0 Å². The van der Waals surface area contributed by atoms with Crippen molar-refractivity contribution in [1.82, 2.24) is 4.90 Å². The van der Waals surface area contributed by atoms with Gasteiger partial charge in [-0.2, -0.15) is 0 Å².